The van der Waals surface area contributed by atoms with E-state index in [2.05, 4.69) is 52.3 Å². The summed E-state index contributed by atoms with van der Waals surface area (Å²) in [6.45, 7) is 4.56. The number of nitrogens with one attached hydrogen (secondary N) is 3. The quantitative estimate of drug-likeness (QED) is 0.0887. The summed E-state index contributed by atoms with van der Waals surface area (Å²) in [6.07, 6.45) is 17.7. The number of aromatic hydroxyl groups is 1. The second kappa shape index (κ2) is 19.5. The summed E-state index contributed by atoms with van der Waals surface area (Å²) in [5, 5.41) is 24.6. The number of thioether (sulfide) groups is 2. The molecule has 14 heteroatoms. The number of hydrogen-bond acceptors (Lipinski definition) is 10. The fourth-order valence-electron chi connectivity index (χ4n) is 6.23. The van der Waals surface area contributed by atoms with Crippen molar-refractivity contribution in [1.29, 1.82) is 0 Å². The molecule has 11 nitrogen and oxygen atoms in total. The molecule has 0 saturated heterocycles. The zero-order chi connectivity index (χ0) is 37.0. The van der Waals surface area contributed by atoms with E-state index in [1.807, 2.05) is 12.3 Å². The summed E-state index contributed by atoms with van der Waals surface area (Å²) in [6, 6.07) is 7.06. The second-order valence-corrected chi connectivity index (χ2v) is 15.7. The van der Waals surface area contributed by atoms with Gasteiger partial charge in [-0.05, 0) is 68.0 Å². The number of unbranched alkanes of at least 4 members (excludes halogenated alkanes) is 2. The Morgan fingerprint density at radius 1 is 1.10 bits per heavy atom. The van der Waals surface area contributed by atoms with Gasteiger partial charge in [-0.3, -0.25) is 9.59 Å². The zero-order valence-electron chi connectivity index (χ0n) is 29.7. The standard InChI is InChI=1S/C37H50N4O7S3/c1-5-7-18-37(19-8-6-2)24-41(26-12-10-9-11-13-26)29-20-31(50-4)30(21-32(29)51(47)40-37)48-22-33(43)39-34(25-14-16-27(42)17-15-25)35(44)38-28(23-49-3)36(45)46/h9-10,12,14-17,20-21,28,34,40,42H,5-8,11,13,18-19,22-24H2,1-4H3,(H,38,44)(H,39,43)(H,45,46). The van der Waals surface area contributed by atoms with Gasteiger partial charge in [-0.15, -0.1) is 16.5 Å². The number of carbonyl (C=O) groups is 3. The highest BCUT2D eigenvalue weighted by Gasteiger charge is 2.43. The van der Waals surface area contributed by atoms with E-state index in [9.17, 15) is 29.1 Å². The number of aliphatic carboxylic acids is 1. The molecule has 51 heavy (non-hydrogen) atoms. The normalized spacial score (nSPS) is 17.8. The van der Waals surface area contributed by atoms with Crippen LogP contribution in [0, 0.1) is 0 Å². The fraction of sp³-hybridized carbons (Fsp3) is 0.486. The number of nitrogens with zero attached hydrogens (tertiary/aromatic N) is 1. The van der Waals surface area contributed by atoms with Crippen molar-refractivity contribution in [3.63, 3.8) is 0 Å². The van der Waals surface area contributed by atoms with Crippen molar-refractivity contribution >= 4 is 58.4 Å². The predicted molar refractivity (Wildman–Crippen MR) is 206 cm³/mol. The van der Waals surface area contributed by atoms with Gasteiger partial charge in [-0.2, -0.15) is 11.8 Å². The molecule has 0 fully saturated rings. The third-order valence-corrected chi connectivity index (χ3v) is 11.7. The number of amides is 2. The Kier molecular flexibility index (Phi) is 15.5. The SMILES string of the molecule is CCCCC1(CCCC)CN(C2=CC=CCC2)c2cc(SC)c(OCC(=O)NC(C(=O)NC(CSC)C(=O)O)c3ccc(O)cc3)cc2[S+]([O-])N1. The molecule has 0 saturated carbocycles. The van der Waals surface area contributed by atoms with Crippen molar-refractivity contribution in [3.8, 4) is 11.5 Å². The van der Waals surface area contributed by atoms with Crippen LogP contribution < -0.4 is 25.0 Å². The van der Waals surface area contributed by atoms with Crippen LogP contribution in [0.4, 0.5) is 5.69 Å². The smallest absolute Gasteiger partial charge is 0.327 e. The van der Waals surface area contributed by atoms with Crippen LogP contribution in [0.15, 0.2) is 70.1 Å². The number of allylic oxidation sites excluding steroid dienone is 4. The largest absolute Gasteiger partial charge is 0.593 e. The van der Waals surface area contributed by atoms with Crippen LogP contribution in [-0.2, 0) is 25.7 Å². The van der Waals surface area contributed by atoms with Crippen LogP contribution in [0.1, 0.15) is 76.8 Å². The van der Waals surface area contributed by atoms with Gasteiger partial charge in [0.25, 0.3) is 5.91 Å². The van der Waals surface area contributed by atoms with Gasteiger partial charge in [0.2, 0.25) is 10.8 Å². The van der Waals surface area contributed by atoms with Crippen LogP contribution in [-0.4, -0.2) is 75.5 Å². The van der Waals surface area contributed by atoms with E-state index >= 15 is 0 Å². The van der Waals surface area contributed by atoms with Crippen molar-refractivity contribution in [3.05, 3.63) is 65.9 Å². The van der Waals surface area contributed by atoms with E-state index in [1.165, 1.54) is 47.8 Å². The lowest BCUT2D eigenvalue weighted by molar-refractivity contribution is -0.141. The van der Waals surface area contributed by atoms with Crippen LogP contribution >= 0.6 is 23.5 Å². The first kappa shape index (κ1) is 40.5. The van der Waals surface area contributed by atoms with Gasteiger partial charge in [-0.25, -0.2) is 4.79 Å². The Balaban J connectivity index is 1.63. The Morgan fingerprint density at radius 2 is 1.80 bits per heavy atom. The maximum atomic E-state index is 14.2. The first-order valence-corrected chi connectivity index (χ1v) is 21.1. The Morgan fingerprint density at radius 3 is 2.39 bits per heavy atom. The Labute approximate surface area is 312 Å². The number of carboxylic acids is 1. The van der Waals surface area contributed by atoms with Crippen LogP contribution in [0.25, 0.3) is 0 Å². The maximum Gasteiger partial charge on any atom is 0.327 e. The van der Waals surface area contributed by atoms with Crippen molar-refractivity contribution in [1.82, 2.24) is 15.4 Å². The summed E-state index contributed by atoms with van der Waals surface area (Å²) in [5.74, 6) is -2.04. The average molecular weight is 759 g/mol. The van der Waals surface area contributed by atoms with E-state index in [4.69, 9.17) is 4.74 Å². The van der Waals surface area contributed by atoms with Gasteiger partial charge < -0.3 is 35.0 Å². The first-order valence-electron chi connectivity index (χ1n) is 17.3. The predicted octanol–water partition coefficient (Wildman–Crippen LogP) is 6.07. The number of phenolic OH excluding ortho intramolecular Hbond substituents is 1. The molecule has 1 aliphatic heterocycles. The molecule has 2 aromatic rings. The summed E-state index contributed by atoms with van der Waals surface area (Å²) in [5.41, 5.74) is 2.00. The number of carbonyl (C=O) groups excluding carboxylic acids is 2. The summed E-state index contributed by atoms with van der Waals surface area (Å²) in [7, 11) is 0. The molecule has 278 valence electrons. The molecule has 1 heterocycles. The maximum absolute atomic E-state index is 14.2. The molecular formula is C37H50N4O7S3. The number of ether oxygens (including phenoxy) is 1. The van der Waals surface area contributed by atoms with Crippen LogP contribution in [0.3, 0.4) is 0 Å². The summed E-state index contributed by atoms with van der Waals surface area (Å²) >= 11 is 1.15. The molecule has 2 aromatic carbocycles. The number of carboxylic acid groups (broad SMARTS) is 1. The molecule has 3 unspecified atom stereocenters. The molecule has 0 radical (unpaired) electrons. The lowest BCUT2D eigenvalue weighted by atomic mass is 9.87. The topological polar surface area (TPSA) is 163 Å². The lowest BCUT2D eigenvalue weighted by Crippen LogP contribution is -2.53. The molecule has 4 rings (SSSR count). The fourth-order valence-corrected chi connectivity index (χ4v) is 8.68. The molecule has 0 spiro atoms. The highest BCUT2D eigenvalue weighted by atomic mass is 32.2. The minimum atomic E-state index is -1.57. The third-order valence-electron chi connectivity index (χ3n) is 8.96. The van der Waals surface area contributed by atoms with Gasteiger partial charge in [0.05, 0.1) is 21.8 Å². The monoisotopic (exact) mass is 758 g/mol. The van der Waals surface area contributed by atoms with Crippen molar-refractivity contribution in [2.75, 3.05) is 36.3 Å². The zero-order valence-corrected chi connectivity index (χ0v) is 32.2. The molecule has 3 atom stereocenters. The first-order chi connectivity index (χ1) is 24.5. The van der Waals surface area contributed by atoms with Crippen molar-refractivity contribution in [2.24, 2.45) is 0 Å². The number of hydrogen-bond donors (Lipinski definition) is 5. The summed E-state index contributed by atoms with van der Waals surface area (Å²) < 4.78 is 23.9. The number of rotatable bonds is 18. The average Bonchev–Trinajstić information content (AvgIpc) is 3.25. The third kappa shape index (κ3) is 10.9. The number of fused-ring (bicyclic) bond motifs is 1. The van der Waals surface area contributed by atoms with Gasteiger partial charge >= 0.3 is 5.97 Å². The van der Waals surface area contributed by atoms with E-state index in [-0.39, 0.29) is 17.0 Å². The lowest BCUT2D eigenvalue weighted by Gasteiger charge is -2.37. The molecule has 1 aliphatic carbocycles. The molecule has 5 N–H and O–H groups in total. The molecule has 2 aliphatic rings. The van der Waals surface area contributed by atoms with Crippen molar-refractivity contribution in [2.45, 2.75) is 92.6 Å². The molecule has 2 amide bonds. The number of anilines is 1. The van der Waals surface area contributed by atoms with E-state index in [0.717, 1.165) is 67.6 Å². The number of phenols is 1. The van der Waals surface area contributed by atoms with Crippen molar-refractivity contribution < 1.29 is 33.9 Å². The molecule has 0 bridgehead atoms. The minimum Gasteiger partial charge on any atom is -0.593 e. The van der Waals surface area contributed by atoms with Gasteiger partial charge in [0.1, 0.15) is 29.3 Å². The second-order valence-electron chi connectivity index (χ2n) is 12.8. The minimum absolute atomic E-state index is 0.0270. The summed E-state index contributed by atoms with van der Waals surface area (Å²) in [4.78, 5) is 42.1. The van der Waals surface area contributed by atoms with Gasteiger partial charge in [-0.1, -0.05) is 63.8 Å². The highest BCUT2D eigenvalue weighted by Crippen LogP contribution is 2.43. The van der Waals surface area contributed by atoms with E-state index in [1.54, 1.807) is 12.3 Å². The van der Waals surface area contributed by atoms with Gasteiger partial charge in [0.15, 0.2) is 6.61 Å². The Hall–Kier alpha value is -3.30. The molecular weight excluding hydrogens is 709 g/mol. The van der Waals surface area contributed by atoms with Crippen LogP contribution in [0.5, 0.6) is 11.5 Å². The highest BCUT2D eigenvalue weighted by molar-refractivity contribution is 7.98. The molecule has 0 aromatic heterocycles. The Bertz CT molecular complexity index is 1560. The van der Waals surface area contributed by atoms with Gasteiger partial charge in [0, 0.05) is 24.1 Å². The van der Waals surface area contributed by atoms with E-state index in [0.29, 0.717) is 22.8 Å². The number of benzene rings is 2. The van der Waals surface area contributed by atoms with E-state index < -0.39 is 47.8 Å². The van der Waals surface area contributed by atoms with Crippen LogP contribution in [0.2, 0.25) is 0 Å².